The van der Waals surface area contributed by atoms with Crippen molar-refractivity contribution in [2.45, 2.75) is 70.6 Å². The maximum absolute atomic E-state index is 14.5. The maximum Gasteiger partial charge on any atom is 0.456 e. The highest BCUT2D eigenvalue weighted by Crippen LogP contribution is 2.71. The number of alkyl halides is 5. The number of rotatable bonds is 1. The molecule has 3 fully saturated rings. The Kier molecular flexibility index (Phi) is 4.68. The molecule has 0 aliphatic heterocycles. The van der Waals surface area contributed by atoms with Gasteiger partial charge in [0.1, 0.15) is 5.60 Å². The summed E-state index contributed by atoms with van der Waals surface area (Å²) in [6.45, 7) is 5.34. The van der Waals surface area contributed by atoms with Crippen molar-refractivity contribution in [1.29, 1.82) is 0 Å². The largest absolute Gasteiger partial charge is 0.456 e. The van der Waals surface area contributed by atoms with Gasteiger partial charge in [0, 0.05) is 10.8 Å². The van der Waals surface area contributed by atoms with E-state index in [0.29, 0.717) is 12.8 Å². The normalized spacial score (nSPS) is 46.5. The van der Waals surface area contributed by atoms with E-state index in [-0.39, 0.29) is 41.4 Å². The summed E-state index contributed by atoms with van der Waals surface area (Å²) in [7, 11) is 0. The molecule has 8 heteroatoms. The van der Waals surface area contributed by atoms with E-state index >= 15 is 0 Å². The molecule has 0 spiro atoms. The Morgan fingerprint density at radius 1 is 1.10 bits per heavy atom. The van der Waals surface area contributed by atoms with Gasteiger partial charge in [0.25, 0.3) is 0 Å². The number of aliphatic hydroxyl groups is 1. The lowest BCUT2D eigenvalue weighted by atomic mass is 9.45. The minimum Gasteiger partial charge on any atom is -0.383 e. The molecule has 7 atom stereocenters. The molecule has 0 amide bonds. The van der Waals surface area contributed by atoms with E-state index in [2.05, 4.69) is 0 Å². The van der Waals surface area contributed by atoms with Crippen LogP contribution < -0.4 is 0 Å². The zero-order valence-electron chi connectivity index (χ0n) is 17.1. The van der Waals surface area contributed by atoms with Crippen LogP contribution in [0.25, 0.3) is 0 Å². The number of hydrogen-bond donors (Lipinski definition) is 1. The molecule has 4 aliphatic carbocycles. The zero-order valence-corrected chi connectivity index (χ0v) is 17.9. The first-order valence-corrected chi connectivity index (χ1v) is 10.8. The number of ketones is 1. The summed E-state index contributed by atoms with van der Waals surface area (Å²) in [4.78, 5) is 12.1. The summed E-state index contributed by atoms with van der Waals surface area (Å²) in [6.07, 6.45) is -2.05. The van der Waals surface area contributed by atoms with Crippen LogP contribution in [0.2, 0.25) is 0 Å². The third-order valence-electron chi connectivity index (χ3n) is 9.03. The molecule has 0 aromatic carbocycles. The first kappa shape index (κ1) is 22.3. The average molecular weight is 453 g/mol. The molecule has 2 nitrogen and oxygen atoms in total. The lowest BCUT2D eigenvalue weighted by Gasteiger charge is -2.60. The van der Waals surface area contributed by atoms with Gasteiger partial charge in [-0.3, -0.25) is 4.79 Å². The number of hydrogen-bond acceptors (Lipinski definition) is 2. The Hall–Kier alpha value is -0.950. The van der Waals surface area contributed by atoms with Crippen molar-refractivity contribution in [2.24, 2.45) is 34.5 Å². The van der Waals surface area contributed by atoms with Crippen LogP contribution in [0.1, 0.15) is 52.9 Å². The fourth-order valence-corrected chi connectivity index (χ4v) is 7.72. The summed E-state index contributed by atoms with van der Waals surface area (Å²) in [5.74, 6) is -6.11. The Labute approximate surface area is 177 Å². The van der Waals surface area contributed by atoms with Gasteiger partial charge in [-0.1, -0.05) is 38.4 Å². The number of carbonyl (C=O) groups is 1. The predicted molar refractivity (Wildman–Crippen MR) is 102 cm³/mol. The van der Waals surface area contributed by atoms with Gasteiger partial charge in [-0.05, 0) is 67.4 Å². The minimum atomic E-state index is -5.81. The standard InChI is InChI=1S/C22H26ClF5O2/c1-11-10-14-17(23)15(29)6-7-18(14,2)12-4-8-19(3)13(16(11)12)5-9-20(19,30)21(24,25)22(26,27)28/h6-7,11-13,16,30H,4-5,8-10H2,1-3H3/t11?,12-,13-,16+,18+,19-,20?/m0/s1. The molecule has 30 heavy (non-hydrogen) atoms. The molecule has 0 bridgehead atoms. The van der Waals surface area contributed by atoms with Crippen LogP contribution in [0.5, 0.6) is 0 Å². The van der Waals surface area contributed by atoms with E-state index in [1.807, 2.05) is 19.9 Å². The molecule has 0 heterocycles. The van der Waals surface area contributed by atoms with E-state index in [4.69, 9.17) is 11.6 Å². The quantitative estimate of drug-likeness (QED) is 0.493. The van der Waals surface area contributed by atoms with Crippen molar-refractivity contribution in [2.75, 3.05) is 0 Å². The Morgan fingerprint density at radius 2 is 1.70 bits per heavy atom. The van der Waals surface area contributed by atoms with Gasteiger partial charge in [0.05, 0.1) is 5.03 Å². The fraction of sp³-hybridized carbons (Fsp3) is 0.773. The molecule has 0 radical (unpaired) electrons. The molecule has 1 N–H and O–H groups in total. The number of carbonyl (C=O) groups excluding carboxylic acids is 1. The van der Waals surface area contributed by atoms with Crippen molar-refractivity contribution in [3.8, 4) is 0 Å². The highest BCUT2D eigenvalue weighted by Gasteiger charge is 2.79. The van der Waals surface area contributed by atoms with E-state index < -0.39 is 40.9 Å². The SMILES string of the molecule is CC1CC2=C(Cl)C(=O)C=C[C@]2(C)[C@H]2CC[C@@]3(C)[C@@H](CCC3(O)C(F)(F)C(F)(F)F)[C@H]12. The smallest absolute Gasteiger partial charge is 0.383 e. The predicted octanol–water partition coefficient (Wildman–Crippen LogP) is 6.04. The molecule has 0 saturated heterocycles. The molecule has 168 valence electrons. The van der Waals surface area contributed by atoms with Crippen LogP contribution in [0.15, 0.2) is 22.8 Å². The Morgan fingerprint density at radius 3 is 2.30 bits per heavy atom. The van der Waals surface area contributed by atoms with Crippen LogP contribution in [0.3, 0.4) is 0 Å². The maximum atomic E-state index is 14.5. The second kappa shape index (κ2) is 6.31. The third-order valence-corrected chi connectivity index (χ3v) is 9.44. The Bertz CT molecular complexity index is 849. The number of fused-ring (bicyclic) bond motifs is 5. The van der Waals surface area contributed by atoms with Gasteiger partial charge in [-0.25, -0.2) is 0 Å². The number of halogens is 6. The topological polar surface area (TPSA) is 37.3 Å². The van der Waals surface area contributed by atoms with E-state index in [0.717, 1.165) is 5.57 Å². The molecular formula is C22H26ClF5O2. The second-order valence-electron chi connectivity index (χ2n) is 10.2. The molecule has 0 aromatic heterocycles. The third kappa shape index (κ3) is 2.48. The van der Waals surface area contributed by atoms with Crippen molar-refractivity contribution >= 4 is 17.4 Å². The van der Waals surface area contributed by atoms with Gasteiger partial charge in [-0.2, -0.15) is 22.0 Å². The van der Waals surface area contributed by atoms with E-state index in [1.54, 1.807) is 0 Å². The van der Waals surface area contributed by atoms with Crippen molar-refractivity contribution in [3.05, 3.63) is 22.8 Å². The van der Waals surface area contributed by atoms with Gasteiger partial charge in [0.2, 0.25) is 0 Å². The van der Waals surface area contributed by atoms with Gasteiger partial charge >= 0.3 is 12.1 Å². The van der Waals surface area contributed by atoms with Crippen LogP contribution in [-0.2, 0) is 4.79 Å². The summed E-state index contributed by atoms with van der Waals surface area (Å²) >= 11 is 6.34. The van der Waals surface area contributed by atoms with Gasteiger partial charge in [-0.15, -0.1) is 0 Å². The summed E-state index contributed by atoms with van der Waals surface area (Å²) < 4.78 is 68.9. The van der Waals surface area contributed by atoms with Crippen LogP contribution in [0, 0.1) is 34.5 Å². The number of allylic oxidation sites excluding steroid dienone is 4. The lowest BCUT2D eigenvalue weighted by Crippen LogP contribution is -2.66. The highest BCUT2D eigenvalue weighted by atomic mass is 35.5. The fourth-order valence-electron chi connectivity index (χ4n) is 7.38. The molecule has 4 rings (SSSR count). The van der Waals surface area contributed by atoms with Gasteiger partial charge < -0.3 is 5.11 Å². The van der Waals surface area contributed by atoms with Crippen LogP contribution in [-0.4, -0.2) is 28.6 Å². The first-order valence-electron chi connectivity index (χ1n) is 10.4. The minimum absolute atomic E-state index is 0.0331. The summed E-state index contributed by atoms with van der Waals surface area (Å²) in [5.41, 5.74) is -4.36. The van der Waals surface area contributed by atoms with Crippen molar-refractivity contribution in [1.82, 2.24) is 0 Å². The van der Waals surface area contributed by atoms with Crippen molar-refractivity contribution < 1.29 is 31.9 Å². The molecule has 0 aromatic rings. The second-order valence-corrected chi connectivity index (χ2v) is 10.5. The average Bonchev–Trinajstić information content (AvgIpc) is 2.92. The first-order chi connectivity index (χ1) is 13.6. The van der Waals surface area contributed by atoms with Gasteiger partial charge in [0.15, 0.2) is 5.78 Å². The summed E-state index contributed by atoms with van der Waals surface area (Å²) in [5, 5.41) is 11.1. The van der Waals surface area contributed by atoms with Crippen molar-refractivity contribution in [3.63, 3.8) is 0 Å². The monoisotopic (exact) mass is 452 g/mol. The summed E-state index contributed by atoms with van der Waals surface area (Å²) in [6, 6.07) is 0. The van der Waals surface area contributed by atoms with Crippen LogP contribution in [0.4, 0.5) is 22.0 Å². The lowest BCUT2D eigenvalue weighted by molar-refractivity contribution is -0.364. The zero-order chi connectivity index (χ0) is 22.5. The van der Waals surface area contributed by atoms with E-state index in [9.17, 15) is 31.9 Å². The molecule has 2 unspecified atom stereocenters. The Balaban J connectivity index is 1.77. The molecule has 4 aliphatic rings. The molecule has 3 saturated carbocycles. The molecular weight excluding hydrogens is 427 g/mol. The van der Waals surface area contributed by atoms with E-state index in [1.165, 1.54) is 13.0 Å². The van der Waals surface area contributed by atoms with Crippen LogP contribution >= 0.6 is 11.6 Å². The highest BCUT2D eigenvalue weighted by molar-refractivity contribution is 6.45.